The van der Waals surface area contributed by atoms with Crippen LogP contribution in [0.1, 0.15) is 10.5 Å². The number of imidazole rings is 1. The Morgan fingerprint density at radius 1 is 1.45 bits per heavy atom. The van der Waals surface area contributed by atoms with Crippen LogP contribution in [0.25, 0.3) is 5.65 Å². The van der Waals surface area contributed by atoms with Crippen LogP contribution in [0.15, 0.2) is 35.2 Å². The molecule has 0 atom stereocenters. The van der Waals surface area contributed by atoms with Gasteiger partial charge in [0.2, 0.25) is 0 Å². The Hall–Kier alpha value is -2.35. The number of fused-ring (bicyclic) bond motifs is 1. The molecule has 0 aliphatic rings. The predicted octanol–water partition coefficient (Wildman–Crippen LogP) is 2.29. The number of hydrogen-bond acceptors (Lipinski definition) is 4. The van der Waals surface area contributed by atoms with Crippen LogP contribution >= 0.6 is 15.9 Å². The van der Waals surface area contributed by atoms with Crippen LogP contribution in [0, 0.1) is 0 Å². The van der Waals surface area contributed by atoms with Crippen LogP contribution in [0.4, 0.5) is 11.5 Å². The third-order valence-corrected chi connectivity index (χ3v) is 3.64. The average molecular weight is 336 g/mol. The van der Waals surface area contributed by atoms with E-state index < -0.39 is 5.97 Å². The van der Waals surface area contributed by atoms with Crippen molar-refractivity contribution < 1.29 is 9.90 Å². The van der Waals surface area contributed by atoms with E-state index in [2.05, 4.69) is 31.0 Å². The lowest BCUT2D eigenvalue weighted by Crippen LogP contribution is -2.12. The van der Waals surface area contributed by atoms with Crippen molar-refractivity contribution in [1.29, 1.82) is 0 Å². The SMILES string of the molecule is CN(c1cc[nH]c1)c1ccc2nc(C(=O)O)c(Br)n2n1. The Morgan fingerprint density at radius 2 is 2.25 bits per heavy atom. The quantitative estimate of drug-likeness (QED) is 0.766. The summed E-state index contributed by atoms with van der Waals surface area (Å²) in [6.07, 6.45) is 3.66. The van der Waals surface area contributed by atoms with Crippen molar-refractivity contribution in [2.45, 2.75) is 0 Å². The molecule has 102 valence electrons. The molecule has 0 bridgehead atoms. The van der Waals surface area contributed by atoms with Gasteiger partial charge >= 0.3 is 5.97 Å². The fourth-order valence-corrected chi connectivity index (χ4v) is 2.39. The largest absolute Gasteiger partial charge is 0.476 e. The zero-order chi connectivity index (χ0) is 14.3. The summed E-state index contributed by atoms with van der Waals surface area (Å²) in [7, 11) is 1.88. The van der Waals surface area contributed by atoms with Crippen molar-refractivity contribution in [2.75, 3.05) is 11.9 Å². The van der Waals surface area contributed by atoms with Gasteiger partial charge in [-0.3, -0.25) is 0 Å². The van der Waals surface area contributed by atoms with E-state index in [0.29, 0.717) is 16.1 Å². The van der Waals surface area contributed by atoms with Gasteiger partial charge in [0.25, 0.3) is 0 Å². The second-order valence-corrected chi connectivity index (χ2v) is 4.90. The highest BCUT2D eigenvalue weighted by Gasteiger charge is 2.18. The van der Waals surface area contributed by atoms with Crippen LogP contribution in [0.3, 0.4) is 0 Å². The molecule has 3 heterocycles. The van der Waals surface area contributed by atoms with E-state index in [1.807, 2.05) is 30.4 Å². The van der Waals surface area contributed by atoms with Crippen molar-refractivity contribution in [2.24, 2.45) is 0 Å². The molecule has 3 aromatic heterocycles. The van der Waals surface area contributed by atoms with E-state index >= 15 is 0 Å². The number of aromatic carboxylic acids is 1. The lowest BCUT2D eigenvalue weighted by Gasteiger charge is -2.16. The van der Waals surface area contributed by atoms with Gasteiger partial charge in [0.05, 0.1) is 5.69 Å². The Morgan fingerprint density at radius 3 is 2.90 bits per heavy atom. The normalized spacial score (nSPS) is 10.9. The first-order valence-corrected chi connectivity index (χ1v) is 6.52. The number of carboxylic acids is 1. The van der Waals surface area contributed by atoms with E-state index in [1.54, 1.807) is 12.1 Å². The Bertz CT molecular complexity index is 781. The summed E-state index contributed by atoms with van der Waals surface area (Å²) in [5, 5.41) is 13.4. The van der Waals surface area contributed by atoms with Gasteiger partial charge in [-0.25, -0.2) is 14.3 Å². The first-order valence-electron chi connectivity index (χ1n) is 5.73. The number of halogens is 1. The zero-order valence-electron chi connectivity index (χ0n) is 10.4. The van der Waals surface area contributed by atoms with Gasteiger partial charge in [0.15, 0.2) is 17.2 Å². The van der Waals surface area contributed by atoms with Crippen LogP contribution in [0.5, 0.6) is 0 Å². The minimum absolute atomic E-state index is 0.0565. The van der Waals surface area contributed by atoms with E-state index in [9.17, 15) is 4.79 Å². The molecule has 0 radical (unpaired) electrons. The summed E-state index contributed by atoms with van der Waals surface area (Å²) < 4.78 is 1.78. The fraction of sp³-hybridized carbons (Fsp3) is 0.0833. The first-order chi connectivity index (χ1) is 9.58. The van der Waals surface area contributed by atoms with Gasteiger partial charge in [-0.15, -0.1) is 5.10 Å². The molecule has 3 aromatic rings. The second kappa shape index (κ2) is 4.64. The smallest absolute Gasteiger partial charge is 0.357 e. The topological polar surface area (TPSA) is 86.5 Å². The molecule has 2 N–H and O–H groups in total. The number of H-pyrrole nitrogens is 1. The molecular weight excluding hydrogens is 326 g/mol. The monoisotopic (exact) mass is 335 g/mol. The lowest BCUT2D eigenvalue weighted by atomic mass is 10.4. The maximum absolute atomic E-state index is 11.0. The number of carbonyl (C=O) groups is 1. The third kappa shape index (κ3) is 1.94. The molecule has 0 unspecified atom stereocenters. The molecule has 8 heteroatoms. The molecule has 0 aromatic carbocycles. The molecule has 0 amide bonds. The Kier molecular flexibility index (Phi) is 2.94. The highest BCUT2D eigenvalue weighted by Crippen LogP contribution is 2.23. The highest BCUT2D eigenvalue weighted by molar-refractivity contribution is 9.10. The zero-order valence-corrected chi connectivity index (χ0v) is 12.0. The number of nitrogens with one attached hydrogen (secondary N) is 1. The van der Waals surface area contributed by atoms with Crippen molar-refractivity contribution in [3.05, 3.63) is 40.9 Å². The van der Waals surface area contributed by atoms with Gasteiger partial charge in [-0.05, 0) is 34.1 Å². The summed E-state index contributed by atoms with van der Waals surface area (Å²) in [5.74, 6) is -0.421. The van der Waals surface area contributed by atoms with Gasteiger partial charge < -0.3 is 15.0 Å². The number of anilines is 2. The molecule has 0 spiro atoms. The van der Waals surface area contributed by atoms with Crippen LogP contribution in [-0.2, 0) is 0 Å². The van der Waals surface area contributed by atoms with E-state index in [-0.39, 0.29) is 5.69 Å². The van der Waals surface area contributed by atoms with Gasteiger partial charge in [-0.1, -0.05) is 0 Å². The molecule has 20 heavy (non-hydrogen) atoms. The fourth-order valence-electron chi connectivity index (χ4n) is 1.87. The predicted molar refractivity (Wildman–Crippen MR) is 76.5 cm³/mol. The maximum atomic E-state index is 11.0. The maximum Gasteiger partial charge on any atom is 0.357 e. The van der Waals surface area contributed by atoms with Crippen LogP contribution < -0.4 is 4.90 Å². The molecule has 7 nitrogen and oxygen atoms in total. The van der Waals surface area contributed by atoms with Gasteiger partial charge in [-0.2, -0.15) is 0 Å². The number of carboxylic acid groups (broad SMARTS) is 1. The van der Waals surface area contributed by atoms with E-state index in [0.717, 1.165) is 5.69 Å². The Balaban J connectivity index is 2.11. The van der Waals surface area contributed by atoms with Crippen molar-refractivity contribution in [1.82, 2.24) is 19.6 Å². The molecular formula is C12H10BrN5O2. The third-order valence-electron chi connectivity index (χ3n) is 2.92. The minimum atomic E-state index is -1.09. The van der Waals surface area contributed by atoms with Crippen LogP contribution in [-0.4, -0.2) is 37.7 Å². The minimum Gasteiger partial charge on any atom is -0.476 e. The van der Waals surface area contributed by atoms with Gasteiger partial charge in [0.1, 0.15) is 4.60 Å². The highest BCUT2D eigenvalue weighted by atomic mass is 79.9. The van der Waals surface area contributed by atoms with Crippen molar-refractivity contribution in [3.8, 4) is 0 Å². The number of rotatable bonds is 3. The summed E-state index contributed by atoms with van der Waals surface area (Å²) >= 11 is 3.22. The number of nitrogens with zero attached hydrogens (tertiary/aromatic N) is 4. The molecule has 0 saturated carbocycles. The summed E-state index contributed by atoms with van der Waals surface area (Å²) in [6.45, 7) is 0. The molecule has 0 aliphatic carbocycles. The summed E-state index contributed by atoms with van der Waals surface area (Å²) in [6, 6.07) is 5.42. The second-order valence-electron chi connectivity index (χ2n) is 4.15. The number of aromatic nitrogens is 4. The standard InChI is InChI=1S/C12H10BrN5O2/c1-17(7-4-5-14-6-7)9-3-2-8-15-10(12(19)20)11(13)18(8)16-9/h2-6,14H,1H3,(H,19,20). The molecule has 0 saturated heterocycles. The summed E-state index contributed by atoms with van der Waals surface area (Å²) in [4.78, 5) is 19.9. The number of hydrogen-bond donors (Lipinski definition) is 2. The Labute approximate surface area is 122 Å². The lowest BCUT2D eigenvalue weighted by molar-refractivity contribution is 0.0690. The van der Waals surface area contributed by atoms with Gasteiger partial charge in [0, 0.05) is 19.4 Å². The molecule has 0 fully saturated rings. The molecule has 3 rings (SSSR count). The molecule has 0 aliphatic heterocycles. The number of aromatic amines is 1. The van der Waals surface area contributed by atoms with Crippen molar-refractivity contribution >= 4 is 39.1 Å². The summed E-state index contributed by atoms with van der Waals surface area (Å²) in [5.41, 5.74) is 1.37. The first kappa shape index (κ1) is 12.7. The van der Waals surface area contributed by atoms with Crippen LogP contribution in [0.2, 0.25) is 0 Å². The van der Waals surface area contributed by atoms with E-state index in [4.69, 9.17) is 5.11 Å². The van der Waals surface area contributed by atoms with Crippen molar-refractivity contribution in [3.63, 3.8) is 0 Å². The average Bonchev–Trinajstić information content (AvgIpc) is 3.06. The van der Waals surface area contributed by atoms with E-state index in [1.165, 1.54) is 4.52 Å².